The second-order valence-corrected chi connectivity index (χ2v) is 5.01. The number of hydrogen-bond acceptors (Lipinski definition) is 4. The predicted octanol–water partition coefficient (Wildman–Crippen LogP) is 2.90. The van der Waals surface area contributed by atoms with Gasteiger partial charge in [-0.25, -0.2) is 0 Å². The van der Waals surface area contributed by atoms with Gasteiger partial charge in [0, 0.05) is 17.8 Å². The molecular weight excluding hydrogens is 266 g/mol. The quantitative estimate of drug-likeness (QED) is 0.756. The maximum Gasteiger partial charge on any atom is 0.247 e. The summed E-state index contributed by atoms with van der Waals surface area (Å²) in [5.41, 5.74) is 11.2. The van der Waals surface area contributed by atoms with Crippen LogP contribution in [0, 0.1) is 13.8 Å². The lowest BCUT2D eigenvalue weighted by molar-refractivity contribution is 0.439. The Hall–Kier alpha value is -2.82. The van der Waals surface area contributed by atoms with E-state index in [4.69, 9.17) is 10.3 Å². The van der Waals surface area contributed by atoms with Crippen molar-refractivity contribution in [2.45, 2.75) is 13.8 Å². The first kappa shape index (κ1) is 13.2. The number of nitrogens with zero attached hydrogens (tertiary/aromatic N) is 1. The largest absolute Gasteiger partial charge is 0.367 e. The van der Waals surface area contributed by atoms with Crippen molar-refractivity contribution < 1.29 is 4.52 Å². The van der Waals surface area contributed by atoms with Crippen molar-refractivity contribution in [3.63, 3.8) is 0 Å². The van der Waals surface area contributed by atoms with Gasteiger partial charge in [0.1, 0.15) is 5.69 Å². The first-order valence-electron chi connectivity index (χ1n) is 6.58. The van der Waals surface area contributed by atoms with Crippen molar-refractivity contribution in [3.8, 4) is 22.4 Å². The first-order chi connectivity index (χ1) is 10.1. The standard InChI is InChI=1S/C16H15N3O2/c1-9-3-4-11(7-10(9)2)14-15(19-21-16(14)17)12-5-6-13(20)18-8-12/h3-8H,17H2,1-2H3,(H,18,20). The summed E-state index contributed by atoms with van der Waals surface area (Å²) in [4.78, 5) is 13.8. The van der Waals surface area contributed by atoms with Gasteiger partial charge in [-0.1, -0.05) is 23.4 Å². The molecule has 0 saturated heterocycles. The van der Waals surface area contributed by atoms with Crippen molar-refractivity contribution >= 4 is 5.88 Å². The zero-order chi connectivity index (χ0) is 15.0. The molecule has 0 aliphatic carbocycles. The molecule has 5 nitrogen and oxygen atoms in total. The third-order valence-corrected chi connectivity index (χ3v) is 3.57. The van der Waals surface area contributed by atoms with Crippen LogP contribution < -0.4 is 11.3 Å². The van der Waals surface area contributed by atoms with Crippen LogP contribution >= 0.6 is 0 Å². The molecule has 3 N–H and O–H groups in total. The van der Waals surface area contributed by atoms with Gasteiger partial charge in [-0.2, -0.15) is 0 Å². The van der Waals surface area contributed by atoms with Crippen LogP contribution in [0.25, 0.3) is 22.4 Å². The van der Waals surface area contributed by atoms with E-state index in [0.717, 1.165) is 16.7 Å². The summed E-state index contributed by atoms with van der Waals surface area (Å²) in [6.45, 7) is 4.10. The second kappa shape index (κ2) is 4.94. The number of benzene rings is 1. The highest BCUT2D eigenvalue weighted by atomic mass is 16.5. The summed E-state index contributed by atoms with van der Waals surface area (Å²) in [5, 5.41) is 4.02. The molecule has 106 valence electrons. The smallest absolute Gasteiger partial charge is 0.247 e. The van der Waals surface area contributed by atoms with Crippen LogP contribution in [-0.2, 0) is 0 Å². The van der Waals surface area contributed by atoms with E-state index < -0.39 is 0 Å². The fraction of sp³-hybridized carbons (Fsp3) is 0.125. The molecule has 0 saturated carbocycles. The minimum Gasteiger partial charge on any atom is -0.367 e. The minimum atomic E-state index is -0.164. The predicted molar refractivity (Wildman–Crippen MR) is 81.9 cm³/mol. The normalized spacial score (nSPS) is 10.8. The van der Waals surface area contributed by atoms with Crippen molar-refractivity contribution in [2.75, 3.05) is 5.73 Å². The lowest BCUT2D eigenvalue weighted by Crippen LogP contribution is -2.01. The molecular formula is C16H15N3O2. The molecule has 0 fully saturated rings. The highest BCUT2D eigenvalue weighted by Crippen LogP contribution is 2.36. The topological polar surface area (TPSA) is 84.9 Å². The summed E-state index contributed by atoms with van der Waals surface area (Å²) < 4.78 is 5.14. The molecule has 0 bridgehead atoms. The summed E-state index contributed by atoms with van der Waals surface area (Å²) in [7, 11) is 0. The van der Waals surface area contributed by atoms with Crippen molar-refractivity contribution in [2.24, 2.45) is 0 Å². The Morgan fingerprint density at radius 3 is 2.52 bits per heavy atom. The number of aryl methyl sites for hydroxylation is 2. The van der Waals surface area contributed by atoms with Crippen molar-refractivity contribution in [3.05, 3.63) is 58.0 Å². The average molecular weight is 281 g/mol. The van der Waals surface area contributed by atoms with Gasteiger partial charge in [0.05, 0.1) is 5.56 Å². The average Bonchev–Trinajstić information content (AvgIpc) is 2.85. The molecule has 0 radical (unpaired) electrons. The van der Waals surface area contributed by atoms with Crippen LogP contribution in [0.4, 0.5) is 5.88 Å². The van der Waals surface area contributed by atoms with Gasteiger partial charge in [-0.3, -0.25) is 4.79 Å². The molecule has 3 rings (SSSR count). The zero-order valence-electron chi connectivity index (χ0n) is 11.8. The summed E-state index contributed by atoms with van der Waals surface area (Å²) >= 11 is 0. The number of aromatic amines is 1. The molecule has 21 heavy (non-hydrogen) atoms. The maximum atomic E-state index is 11.2. The van der Waals surface area contributed by atoms with Crippen LogP contribution in [0.1, 0.15) is 11.1 Å². The second-order valence-electron chi connectivity index (χ2n) is 5.01. The van der Waals surface area contributed by atoms with Crippen LogP contribution in [-0.4, -0.2) is 10.1 Å². The Morgan fingerprint density at radius 2 is 1.86 bits per heavy atom. The fourth-order valence-corrected chi connectivity index (χ4v) is 2.23. The van der Waals surface area contributed by atoms with Gasteiger partial charge in [0.2, 0.25) is 11.4 Å². The Morgan fingerprint density at radius 1 is 1.10 bits per heavy atom. The summed E-state index contributed by atoms with van der Waals surface area (Å²) in [6, 6.07) is 9.21. The van der Waals surface area contributed by atoms with Crippen LogP contribution in [0.3, 0.4) is 0 Å². The van der Waals surface area contributed by atoms with Crippen LogP contribution in [0.5, 0.6) is 0 Å². The Balaban J connectivity index is 2.19. The number of aromatic nitrogens is 2. The lowest BCUT2D eigenvalue weighted by atomic mass is 9.98. The molecule has 0 spiro atoms. The number of nitrogens with two attached hydrogens (primary N) is 1. The molecule has 2 heterocycles. The summed E-state index contributed by atoms with van der Waals surface area (Å²) in [5.74, 6) is 0.263. The number of anilines is 1. The van der Waals surface area contributed by atoms with Crippen molar-refractivity contribution in [1.82, 2.24) is 10.1 Å². The van der Waals surface area contributed by atoms with E-state index in [0.29, 0.717) is 5.69 Å². The van der Waals surface area contributed by atoms with E-state index >= 15 is 0 Å². The molecule has 0 amide bonds. The molecule has 1 aromatic carbocycles. The number of pyridine rings is 1. The fourth-order valence-electron chi connectivity index (χ4n) is 2.23. The monoisotopic (exact) mass is 281 g/mol. The van der Waals surface area contributed by atoms with Crippen LogP contribution in [0.2, 0.25) is 0 Å². The minimum absolute atomic E-state index is 0.164. The van der Waals surface area contributed by atoms with Crippen LogP contribution in [0.15, 0.2) is 45.8 Å². The Bertz CT molecular complexity index is 842. The number of H-pyrrole nitrogens is 1. The lowest BCUT2D eigenvalue weighted by Gasteiger charge is -2.06. The third kappa shape index (κ3) is 2.33. The van der Waals surface area contributed by atoms with E-state index in [1.165, 1.54) is 17.2 Å². The summed E-state index contributed by atoms with van der Waals surface area (Å²) in [6.07, 6.45) is 1.60. The highest BCUT2D eigenvalue weighted by Gasteiger charge is 2.17. The Kier molecular flexibility index (Phi) is 3.10. The molecule has 0 aliphatic rings. The van der Waals surface area contributed by atoms with E-state index in [9.17, 15) is 4.79 Å². The van der Waals surface area contributed by atoms with E-state index in [2.05, 4.69) is 17.1 Å². The van der Waals surface area contributed by atoms with E-state index in [1.54, 1.807) is 12.3 Å². The van der Waals surface area contributed by atoms with E-state index in [1.807, 2.05) is 25.1 Å². The molecule has 0 atom stereocenters. The van der Waals surface area contributed by atoms with Gasteiger partial charge in [0.15, 0.2) is 0 Å². The third-order valence-electron chi connectivity index (χ3n) is 3.57. The highest BCUT2D eigenvalue weighted by molar-refractivity contribution is 5.86. The van der Waals surface area contributed by atoms with Crippen molar-refractivity contribution in [1.29, 1.82) is 0 Å². The molecule has 3 aromatic rings. The molecule has 0 aliphatic heterocycles. The molecule has 5 heteroatoms. The number of nitrogen functional groups attached to an aromatic ring is 1. The maximum absolute atomic E-state index is 11.2. The SMILES string of the molecule is Cc1ccc(-c2c(-c3ccc(=O)[nH]c3)noc2N)cc1C. The van der Waals surface area contributed by atoms with Gasteiger partial charge in [-0.05, 0) is 36.6 Å². The van der Waals surface area contributed by atoms with Gasteiger partial charge in [0.25, 0.3) is 0 Å². The van der Waals surface area contributed by atoms with E-state index in [-0.39, 0.29) is 11.4 Å². The number of hydrogen-bond donors (Lipinski definition) is 2. The van der Waals surface area contributed by atoms with Gasteiger partial charge < -0.3 is 15.2 Å². The zero-order valence-corrected chi connectivity index (χ0v) is 11.8. The molecule has 2 aromatic heterocycles. The Labute approximate surface area is 121 Å². The van der Waals surface area contributed by atoms with Gasteiger partial charge >= 0.3 is 0 Å². The molecule has 0 unspecified atom stereocenters. The first-order valence-corrected chi connectivity index (χ1v) is 6.58. The van der Waals surface area contributed by atoms with Gasteiger partial charge in [-0.15, -0.1) is 0 Å². The number of nitrogens with one attached hydrogen (secondary N) is 1. The number of rotatable bonds is 2.